The monoisotopic (exact) mass is 880 g/mol. The Hall–Kier alpha value is -5.83. The highest BCUT2D eigenvalue weighted by molar-refractivity contribution is 6.08. The molecule has 22 heteroatoms. The van der Waals surface area contributed by atoms with Crippen molar-refractivity contribution >= 4 is 65.6 Å². The Kier molecular flexibility index (Phi) is 20.5. The summed E-state index contributed by atoms with van der Waals surface area (Å²) in [6.45, 7) is 14.9. The zero-order valence-electron chi connectivity index (χ0n) is 39.1. The van der Waals surface area contributed by atoms with E-state index < -0.39 is 108 Å². The summed E-state index contributed by atoms with van der Waals surface area (Å²) in [7, 11) is 8.14. The number of amides is 16. The molecule has 1 aliphatic rings. The standard InChI is InChI=1S/C40H69N11O11/c1-21(2)17-26-33(55)42-30(24(7)8)35(57)47(12)27(18-22(3)4)32(54)41-25(9)31(53)43-37(59)48(13)28(19-23(5)6)34(56)49(14)39(61)51(16)40(62)50(15)38(60)44-36(58)45(10)20-29(52)46(26)11/h21-28,30H,17-20H2,1-16H3,(H,41,54)(H,42,55)(H,43,53,59)(H,44,58,60)/t25-,26+,27-,28-,30?/m1/s1. The van der Waals surface area contributed by atoms with Gasteiger partial charge in [-0.3, -0.25) is 44.3 Å². The maximum atomic E-state index is 14.2. The summed E-state index contributed by atoms with van der Waals surface area (Å²) in [6.07, 6.45) is 0.291. The first kappa shape index (κ1) is 54.2. The summed E-state index contributed by atoms with van der Waals surface area (Å²) in [5.41, 5.74) is 0. The molecule has 0 saturated carbocycles. The molecule has 0 aromatic carbocycles. The fraction of sp³-hybridized carbons (Fsp3) is 0.725. The summed E-state index contributed by atoms with van der Waals surface area (Å²) in [6, 6.07) is -12.1. The number of nitrogens with one attached hydrogen (secondary N) is 4. The lowest BCUT2D eigenvalue weighted by atomic mass is 9.97. The first-order chi connectivity index (χ1) is 28.5. The number of likely N-dealkylation sites (N-methyl/N-ethyl adjacent to an activating group) is 5. The largest absolute Gasteiger partial charge is 0.343 e. The van der Waals surface area contributed by atoms with E-state index in [2.05, 4.69) is 16.0 Å². The molecule has 1 aliphatic heterocycles. The molecule has 0 radical (unpaired) electrons. The van der Waals surface area contributed by atoms with Gasteiger partial charge in [-0.1, -0.05) is 55.4 Å². The molecule has 1 fully saturated rings. The molecular formula is C40H69N11O11. The van der Waals surface area contributed by atoms with Crippen LogP contribution in [-0.2, 0) is 28.8 Å². The molecule has 1 rings (SSSR count). The summed E-state index contributed by atoms with van der Waals surface area (Å²) in [5, 5.41) is 9.42. The molecule has 5 atom stereocenters. The van der Waals surface area contributed by atoms with Crippen LogP contribution < -0.4 is 21.3 Å². The van der Waals surface area contributed by atoms with E-state index in [1.165, 1.54) is 40.0 Å². The van der Waals surface area contributed by atoms with Crippen molar-refractivity contribution in [3.05, 3.63) is 0 Å². The number of urea groups is 5. The van der Waals surface area contributed by atoms with Crippen LogP contribution in [0.25, 0.3) is 0 Å². The summed E-state index contributed by atoms with van der Waals surface area (Å²) >= 11 is 0. The highest BCUT2D eigenvalue weighted by Crippen LogP contribution is 2.18. The molecule has 1 unspecified atom stereocenters. The smallest absolute Gasteiger partial charge is 0.335 e. The summed E-state index contributed by atoms with van der Waals surface area (Å²) in [5.74, 6) is -5.66. The average molecular weight is 880 g/mol. The fourth-order valence-corrected chi connectivity index (χ4v) is 6.37. The SMILES string of the molecule is CC(C)C[C@@H]1C(=O)N(C)C(=O)N(C)C(=O)N(C)C(=O)NC(=O)N(C)CC(=O)N(C)[C@@H](CC(C)C)C(=O)NC(C(C)C)C(=O)N(C)[C@H](CC(C)C)C(=O)N[C@H](C)C(=O)NC(=O)N1C. The van der Waals surface area contributed by atoms with E-state index in [0.29, 0.717) is 14.7 Å². The molecule has 0 bridgehead atoms. The van der Waals surface area contributed by atoms with Gasteiger partial charge in [0.1, 0.15) is 36.8 Å². The number of carbonyl (C=O) groups is 11. The normalized spacial score (nSPS) is 24.0. The fourth-order valence-electron chi connectivity index (χ4n) is 6.37. The number of nitrogens with zero attached hydrogens (tertiary/aromatic N) is 7. The van der Waals surface area contributed by atoms with E-state index in [9.17, 15) is 52.7 Å². The lowest BCUT2D eigenvalue weighted by Crippen LogP contribution is -2.61. The van der Waals surface area contributed by atoms with Crippen LogP contribution >= 0.6 is 0 Å². The van der Waals surface area contributed by atoms with Crippen molar-refractivity contribution in [2.45, 2.75) is 112 Å². The van der Waals surface area contributed by atoms with Crippen LogP contribution in [0.1, 0.15) is 81.6 Å². The molecule has 4 N–H and O–H groups in total. The highest BCUT2D eigenvalue weighted by atomic mass is 16.2. The second-order valence-electron chi connectivity index (χ2n) is 17.4. The van der Waals surface area contributed by atoms with Crippen molar-refractivity contribution in [3.63, 3.8) is 0 Å². The minimum Gasteiger partial charge on any atom is -0.343 e. The van der Waals surface area contributed by atoms with Crippen LogP contribution in [0, 0.1) is 23.7 Å². The quantitative estimate of drug-likeness (QED) is 0.283. The van der Waals surface area contributed by atoms with Gasteiger partial charge in [0.15, 0.2) is 0 Å². The van der Waals surface area contributed by atoms with Gasteiger partial charge in [0.25, 0.3) is 5.91 Å². The van der Waals surface area contributed by atoms with E-state index >= 15 is 0 Å². The lowest BCUT2D eigenvalue weighted by Gasteiger charge is -2.35. The Balaban J connectivity index is 3.82. The zero-order valence-corrected chi connectivity index (χ0v) is 39.1. The summed E-state index contributed by atoms with van der Waals surface area (Å²) < 4.78 is 0. The van der Waals surface area contributed by atoms with E-state index in [1.807, 2.05) is 33.0 Å². The Morgan fingerprint density at radius 1 is 0.484 bits per heavy atom. The number of hydrogen-bond acceptors (Lipinski definition) is 11. The summed E-state index contributed by atoms with van der Waals surface area (Å²) in [4.78, 5) is 154. The van der Waals surface area contributed by atoms with Crippen molar-refractivity contribution in [3.8, 4) is 0 Å². The predicted molar refractivity (Wildman–Crippen MR) is 227 cm³/mol. The van der Waals surface area contributed by atoms with Gasteiger partial charge in [-0.15, -0.1) is 0 Å². The van der Waals surface area contributed by atoms with Crippen LogP contribution in [0.3, 0.4) is 0 Å². The van der Waals surface area contributed by atoms with Crippen LogP contribution in [0.5, 0.6) is 0 Å². The Morgan fingerprint density at radius 3 is 1.42 bits per heavy atom. The Bertz CT molecular complexity index is 1720. The van der Waals surface area contributed by atoms with Gasteiger partial charge in [0.2, 0.25) is 29.5 Å². The topological polar surface area (TPSA) is 259 Å². The van der Waals surface area contributed by atoms with Gasteiger partial charge in [-0.2, -0.15) is 0 Å². The maximum absolute atomic E-state index is 14.2. The van der Waals surface area contributed by atoms with Gasteiger partial charge in [-0.25, -0.2) is 33.8 Å². The second-order valence-corrected chi connectivity index (χ2v) is 17.4. The van der Waals surface area contributed by atoms with Crippen LogP contribution in [0.15, 0.2) is 0 Å². The van der Waals surface area contributed by atoms with Gasteiger partial charge in [-0.05, 0) is 49.9 Å². The third-order valence-corrected chi connectivity index (χ3v) is 10.4. The number of imide groups is 5. The Labute approximate surface area is 364 Å². The van der Waals surface area contributed by atoms with Crippen molar-refractivity contribution in [1.82, 2.24) is 55.6 Å². The van der Waals surface area contributed by atoms with Gasteiger partial charge < -0.3 is 30.2 Å². The van der Waals surface area contributed by atoms with Gasteiger partial charge >= 0.3 is 30.2 Å². The third-order valence-electron chi connectivity index (χ3n) is 10.4. The number of hydrogen-bond donors (Lipinski definition) is 4. The number of carbonyl (C=O) groups excluding carboxylic acids is 11. The number of rotatable bonds is 7. The van der Waals surface area contributed by atoms with E-state index in [1.54, 1.807) is 27.7 Å². The molecule has 0 aromatic rings. The molecule has 0 aliphatic carbocycles. The van der Waals surface area contributed by atoms with Crippen molar-refractivity contribution < 1.29 is 52.7 Å². The molecule has 22 nitrogen and oxygen atoms in total. The van der Waals surface area contributed by atoms with Gasteiger partial charge in [0, 0.05) is 49.3 Å². The zero-order chi connectivity index (χ0) is 48.2. The van der Waals surface area contributed by atoms with Crippen LogP contribution in [0.2, 0.25) is 0 Å². The molecule has 1 heterocycles. The molecule has 0 spiro atoms. The Morgan fingerprint density at radius 2 is 0.935 bits per heavy atom. The van der Waals surface area contributed by atoms with Crippen LogP contribution in [-0.4, -0.2) is 186 Å². The van der Waals surface area contributed by atoms with Crippen LogP contribution in [0.4, 0.5) is 24.0 Å². The van der Waals surface area contributed by atoms with Crippen molar-refractivity contribution in [2.75, 3.05) is 55.9 Å². The van der Waals surface area contributed by atoms with E-state index in [0.717, 1.165) is 35.8 Å². The molecule has 1 saturated heterocycles. The molecule has 62 heavy (non-hydrogen) atoms. The third kappa shape index (κ3) is 14.7. The minimum absolute atomic E-state index is 0.00218. The average Bonchev–Trinajstić information content (AvgIpc) is 3.18. The van der Waals surface area contributed by atoms with E-state index in [4.69, 9.17) is 0 Å². The van der Waals surface area contributed by atoms with Crippen molar-refractivity contribution in [1.29, 1.82) is 0 Å². The first-order valence-electron chi connectivity index (χ1n) is 20.6. The second kappa shape index (κ2) is 23.4. The first-order valence-corrected chi connectivity index (χ1v) is 20.6. The molecule has 0 aromatic heterocycles. The van der Waals surface area contributed by atoms with E-state index in [-0.39, 0.29) is 37.0 Å². The van der Waals surface area contributed by atoms with Gasteiger partial charge in [0.05, 0.1) is 0 Å². The maximum Gasteiger partial charge on any atom is 0.335 e. The highest BCUT2D eigenvalue weighted by Gasteiger charge is 2.40. The predicted octanol–water partition coefficient (Wildman–Crippen LogP) is 1.30. The lowest BCUT2D eigenvalue weighted by molar-refractivity contribution is -0.145. The molecule has 350 valence electrons. The molecule has 16 amide bonds. The molecular weight excluding hydrogens is 811 g/mol. The minimum atomic E-state index is -1.35. The van der Waals surface area contributed by atoms with Crippen molar-refractivity contribution in [2.24, 2.45) is 23.7 Å².